The van der Waals surface area contributed by atoms with Crippen molar-refractivity contribution in [2.24, 2.45) is 4.99 Å². The van der Waals surface area contributed by atoms with Crippen molar-refractivity contribution in [2.75, 3.05) is 0 Å². The molecule has 1 N–H and O–H groups in total. The molecule has 0 fully saturated rings. The van der Waals surface area contributed by atoms with Crippen LogP contribution in [0.5, 0.6) is 0 Å². The largest absolute Gasteiger partial charge is 0.312 e. The van der Waals surface area contributed by atoms with E-state index in [1.165, 1.54) is 11.1 Å². The second-order valence-corrected chi connectivity index (χ2v) is 4.76. The van der Waals surface area contributed by atoms with E-state index in [0.29, 0.717) is 5.92 Å². The van der Waals surface area contributed by atoms with Crippen molar-refractivity contribution in [2.45, 2.75) is 38.1 Å². The molecule has 1 aliphatic heterocycles. The number of fused-ring (bicyclic) bond motifs is 1. The van der Waals surface area contributed by atoms with Gasteiger partial charge in [-0.1, -0.05) is 37.6 Å². The van der Waals surface area contributed by atoms with Crippen molar-refractivity contribution in [1.82, 2.24) is 5.32 Å². The number of rotatable bonds is 3. The van der Waals surface area contributed by atoms with Crippen LogP contribution in [0.4, 0.5) is 0 Å². The molecule has 1 heterocycles. The van der Waals surface area contributed by atoms with Crippen molar-refractivity contribution < 1.29 is 4.79 Å². The molecule has 1 aromatic rings. The molecule has 0 saturated carbocycles. The number of benzene rings is 1. The van der Waals surface area contributed by atoms with Gasteiger partial charge in [0.15, 0.2) is 0 Å². The van der Waals surface area contributed by atoms with Gasteiger partial charge >= 0.3 is 0 Å². The van der Waals surface area contributed by atoms with Crippen molar-refractivity contribution in [3.63, 3.8) is 0 Å². The molecule has 0 spiro atoms. The molecule has 2 aliphatic rings. The zero-order chi connectivity index (χ0) is 11.8. The van der Waals surface area contributed by atoms with Crippen LogP contribution in [0.25, 0.3) is 0 Å². The smallest absolute Gasteiger partial charge is 0.250 e. The summed E-state index contributed by atoms with van der Waals surface area (Å²) < 4.78 is 0. The Hall–Kier alpha value is -1.64. The number of nitrogens with zero attached hydrogens (tertiary/aromatic N) is 1. The van der Waals surface area contributed by atoms with Crippen LogP contribution in [0.1, 0.15) is 36.8 Å². The van der Waals surface area contributed by atoms with E-state index in [0.717, 1.165) is 25.1 Å². The Bertz CT molecular complexity index is 493. The second-order valence-electron chi connectivity index (χ2n) is 4.76. The Morgan fingerprint density at radius 3 is 3.00 bits per heavy atom. The van der Waals surface area contributed by atoms with E-state index >= 15 is 0 Å². The topological polar surface area (TPSA) is 41.5 Å². The van der Waals surface area contributed by atoms with Gasteiger partial charge in [-0.3, -0.25) is 9.79 Å². The Morgan fingerprint density at radius 2 is 2.24 bits per heavy atom. The van der Waals surface area contributed by atoms with Crippen LogP contribution in [-0.4, -0.2) is 17.8 Å². The van der Waals surface area contributed by atoms with Gasteiger partial charge in [0.05, 0.1) is 0 Å². The summed E-state index contributed by atoms with van der Waals surface area (Å²) >= 11 is 0. The Labute approximate surface area is 101 Å². The van der Waals surface area contributed by atoms with Gasteiger partial charge in [0.1, 0.15) is 11.9 Å². The van der Waals surface area contributed by atoms with Gasteiger partial charge in [0, 0.05) is 5.92 Å². The summed E-state index contributed by atoms with van der Waals surface area (Å²) in [6.45, 7) is 2.08. The van der Waals surface area contributed by atoms with Gasteiger partial charge in [-0.25, -0.2) is 0 Å². The molecule has 88 valence electrons. The number of aliphatic imine (C=N–C) groups is 1. The molecule has 0 radical (unpaired) electrons. The first-order valence-electron chi connectivity index (χ1n) is 6.26. The van der Waals surface area contributed by atoms with Gasteiger partial charge in [-0.15, -0.1) is 0 Å². The zero-order valence-electron chi connectivity index (χ0n) is 9.94. The highest BCUT2D eigenvalue weighted by atomic mass is 16.2. The molecule has 0 saturated heterocycles. The van der Waals surface area contributed by atoms with Crippen molar-refractivity contribution in [3.8, 4) is 0 Å². The molecular formula is C14H16N2O. The van der Waals surface area contributed by atoms with Crippen LogP contribution in [0, 0.1) is 0 Å². The lowest BCUT2D eigenvalue weighted by molar-refractivity contribution is -0.120. The number of carbonyl (C=O) groups is 1. The second kappa shape index (κ2) is 3.99. The van der Waals surface area contributed by atoms with Crippen LogP contribution in [0.3, 0.4) is 0 Å². The molecule has 17 heavy (non-hydrogen) atoms. The fraction of sp³-hybridized carbons (Fsp3) is 0.429. The standard InChI is InChI=1S/C14H16N2O/c1-2-5-12-14(17)16-13(15-12)11-8-9-6-3-4-7-10(9)11/h3-4,6-7,11-12H,2,5,8H2,1H3,(H,15,16,17). The monoisotopic (exact) mass is 228 g/mol. The molecule has 0 aromatic heterocycles. The lowest BCUT2D eigenvalue weighted by atomic mass is 9.77. The van der Waals surface area contributed by atoms with Gasteiger partial charge in [0.2, 0.25) is 5.91 Å². The van der Waals surface area contributed by atoms with Gasteiger partial charge < -0.3 is 5.32 Å². The summed E-state index contributed by atoms with van der Waals surface area (Å²) in [5.41, 5.74) is 2.71. The normalized spacial score (nSPS) is 25.9. The van der Waals surface area contributed by atoms with Gasteiger partial charge in [-0.05, 0) is 24.0 Å². The number of amidine groups is 1. The molecule has 3 rings (SSSR count). The first-order valence-corrected chi connectivity index (χ1v) is 6.26. The number of amides is 1. The molecule has 1 aromatic carbocycles. The van der Waals surface area contributed by atoms with E-state index in [1.54, 1.807) is 0 Å². The molecule has 2 unspecified atom stereocenters. The Kier molecular flexibility index (Phi) is 2.46. The third kappa shape index (κ3) is 1.66. The maximum absolute atomic E-state index is 11.7. The van der Waals surface area contributed by atoms with Crippen LogP contribution in [-0.2, 0) is 11.2 Å². The fourth-order valence-corrected chi connectivity index (χ4v) is 2.62. The predicted octanol–water partition coefficient (Wildman–Crippen LogP) is 2.02. The zero-order valence-corrected chi connectivity index (χ0v) is 9.94. The highest BCUT2D eigenvalue weighted by Crippen LogP contribution is 2.36. The molecule has 1 aliphatic carbocycles. The first kappa shape index (κ1) is 10.5. The number of nitrogens with one attached hydrogen (secondary N) is 1. The lowest BCUT2D eigenvalue weighted by Crippen LogP contribution is -2.36. The summed E-state index contributed by atoms with van der Waals surface area (Å²) in [5.74, 6) is 1.27. The highest BCUT2D eigenvalue weighted by molar-refractivity contribution is 6.09. The molecule has 3 nitrogen and oxygen atoms in total. The van der Waals surface area contributed by atoms with E-state index in [-0.39, 0.29) is 11.9 Å². The summed E-state index contributed by atoms with van der Waals surface area (Å²) in [6, 6.07) is 8.23. The van der Waals surface area contributed by atoms with E-state index in [1.807, 2.05) is 6.07 Å². The summed E-state index contributed by atoms with van der Waals surface area (Å²) in [6.07, 6.45) is 2.86. The lowest BCUT2D eigenvalue weighted by Gasteiger charge is -2.29. The van der Waals surface area contributed by atoms with E-state index in [2.05, 4.69) is 35.4 Å². The SMILES string of the molecule is CCCC1N=C(C2Cc3ccccc32)NC1=O. The quantitative estimate of drug-likeness (QED) is 0.845. The van der Waals surface area contributed by atoms with Crippen molar-refractivity contribution in [1.29, 1.82) is 0 Å². The maximum Gasteiger partial charge on any atom is 0.250 e. The summed E-state index contributed by atoms with van der Waals surface area (Å²) in [7, 11) is 0. The minimum Gasteiger partial charge on any atom is -0.312 e. The maximum atomic E-state index is 11.7. The molecule has 2 atom stereocenters. The van der Waals surface area contributed by atoms with Crippen molar-refractivity contribution in [3.05, 3.63) is 35.4 Å². The fourth-order valence-electron chi connectivity index (χ4n) is 2.62. The average Bonchev–Trinajstić information content (AvgIpc) is 2.63. The summed E-state index contributed by atoms with van der Waals surface area (Å²) in [5, 5.41) is 2.94. The first-order chi connectivity index (χ1) is 8.29. The van der Waals surface area contributed by atoms with Crippen LogP contribution in [0.2, 0.25) is 0 Å². The Balaban J connectivity index is 1.80. The van der Waals surface area contributed by atoms with E-state index in [9.17, 15) is 4.79 Å². The number of hydrogen-bond acceptors (Lipinski definition) is 2. The van der Waals surface area contributed by atoms with Crippen molar-refractivity contribution >= 4 is 11.7 Å². The molecule has 0 bridgehead atoms. The van der Waals surface area contributed by atoms with Crippen LogP contribution < -0.4 is 5.32 Å². The van der Waals surface area contributed by atoms with E-state index < -0.39 is 0 Å². The summed E-state index contributed by atoms with van der Waals surface area (Å²) in [4.78, 5) is 16.2. The van der Waals surface area contributed by atoms with Gasteiger partial charge in [-0.2, -0.15) is 0 Å². The van der Waals surface area contributed by atoms with Gasteiger partial charge in [0.25, 0.3) is 0 Å². The van der Waals surface area contributed by atoms with E-state index in [4.69, 9.17) is 0 Å². The molecule has 3 heteroatoms. The third-order valence-electron chi connectivity index (χ3n) is 3.60. The molecule has 1 amide bonds. The number of hydrogen-bond donors (Lipinski definition) is 1. The highest BCUT2D eigenvalue weighted by Gasteiger charge is 2.35. The number of carbonyl (C=O) groups excluding carboxylic acids is 1. The average molecular weight is 228 g/mol. The predicted molar refractivity (Wildman–Crippen MR) is 67.2 cm³/mol. The minimum absolute atomic E-state index is 0.0752. The third-order valence-corrected chi connectivity index (χ3v) is 3.60. The molecular weight excluding hydrogens is 212 g/mol. The minimum atomic E-state index is -0.150. The Morgan fingerprint density at radius 1 is 1.41 bits per heavy atom. The van der Waals surface area contributed by atoms with Crippen LogP contribution in [0.15, 0.2) is 29.3 Å². The van der Waals surface area contributed by atoms with Crippen LogP contribution >= 0.6 is 0 Å².